The van der Waals surface area contributed by atoms with Gasteiger partial charge in [-0.3, -0.25) is 9.69 Å². The Hall–Kier alpha value is -0.850. The van der Waals surface area contributed by atoms with Gasteiger partial charge in [0.15, 0.2) is 12.4 Å². The van der Waals surface area contributed by atoms with Gasteiger partial charge in [-0.15, -0.1) is 0 Å². The van der Waals surface area contributed by atoms with E-state index in [1.807, 2.05) is 0 Å². The van der Waals surface area contributed by atoms with Crippen LogP contribution >= 0.6 is 0 Å². The highest BCUT2D eigenvalue weighted by atomic mass is 16.7. The third kappa shape index (κ3) is 5.11. The molecule has 0 amide bonds. The second-order valence-electron chi connectivity index (χ2n) is 19.2. The molecule has 5 saturated carbocycles. The molecular formula is C39H65NO9. The summed E-state index contributed by atoms with van der Waals surface area (Å²) in [6, 6.07) is -0.288. The van der Waals surface area contributed by atoms with Crippen LogP contribution in [0.4, 0.5) is 0 Å². The second-order valence-corrected chi connectivity index (χ2v) is 19.2. The fraction of sp³-hybridized carbons (Fsp3) is 0.974. The van der Waals surface area contributed by atoms with E-state index in [9.17, 15) is 25.2 Å². The first-order valence-corrected chi connectivity index (χ1v) is 19.4. The molecule has 10 nitrogen and oxygen atoms in total. The summed E-state index contributed by atoms with van der Waals surface area (Å²) in [5.74, 6) is 0.942. The van der Waals surface area contributed by atoms with Crippen molar-refractivity contribution in [3.05, 3.63) is 0 Å². The van der Waals surface area contributed by atoms with Gasteiger partial charge in [-0.2, -0.15) is 0 Å². The minimum atomic E-state index is -1.27. The molecule has 2 aliphatic heterocycles. The Morgan fingerprint density at radius 2 is 1.69 bits per heavy atom. The largest absolute Gasteiger partial charge is 0.457 e. The molecule has 7 rings (SSSR count). The van der Waals surface area contributed by atoms with Crippen LogP contribution in [0.1, 0.15) is 107 Å². The van der Waals surface area contributed by atoms with Crippen LogP contribution in [0.15, 0.2) is 0 Å². The summed E-state index contributed by atoms with van der Waals surface area (Å²) in [7, 11) is 0. The molecule has 280 valence electrons. The molecule has 14 atom stereocenters. The number of morpholine rings is 1. The van der Waals surface area contributed by atoms with Crippen LogP contribution in [0.3, 0.4) is 0 Å². The number of nitrogens with zero attached hydrogens (tertiary/aromatic N) is 1. The number of aliphatic hydroxyl groups is 4. The van der Waals surface area contributed by atoms with Gasteiger partial charge in [0.05, 0.1) is 62.4 Å². The van der Waals surface area contributed by atoms with Crippen LogP contribution in [0.2, 0.25) is 0 Å². The van der Waals surface area contributed by atoms with E-state index in [1.165, 1.54) is 19.8 Å². The van der Waals surface area contributed by atoms with Gasteiger partial charge < -0.3 is 39.4 Å². The fourth-order valence-electron chi connectivity index (χ4n) is 14.1. The highest BCUT2D eigenvalue weighted by Crippen LogP contribution is 2.89. The van der Waals surface area contributed by atoms with Crippen molar-refractivity contribution in [2.75, 3.05) is 32.9 Å². The number of hydrogen-bond donors (Lipinski definition) is 4. The monoisotopic (exact) mass is 691 g/mol. The Kier molecular flexibility index (Phi) is 9.00. The maximum atomic E-state index is 12.6. The molecule has 7 aliphatic rings. The predicted molar refractivity (Wildman–Crippen MR) is 182 cm³/mol. The summed E-state index contributed by atoms with van der Waals surface area (Å²) in [6.07, 6.45) is 5.93. The van der Waals surface area contributed by atoms with E-state index in [0.717, 1.165) is 32.1 Å². The molecule has 7 fully saturated rings. The van der Waals surface area contributed by atoms with E-state index in [-0.39, 0.29) is 76.7 Å². The van der Waals surface area contributed by atoms with Crippen molar-refractivity contribution in [3.63, 3.8) is 0 Å². The average molecular weight is 692 g/mol. The normalized spacial score (nSPS) is 49.6. The first-order valence-electron chi connectivity index (χ1n) is 19.4. The summed E-state index contributed by atoms with van der Waals surface area (Å²) in [5.41, 5.74) is -1.23. The first-order chi connectivity index (χ1) is 22.9. The standard InChI is InChI=1S/C39H65NO9/c1-22-17-25(33(35(5,6)45)47-23(2)43)48-31-30(22)36(7)13-14-39-21-38(39)12-11-28(49-29-18-40(15-16-46-29)24(19-41)20-42)34(3,4)26(38)9-10-27(39)37(36,8)32(31)44/h22,24-33,41-42,44-45H,9-21H2,1-8H3/t22-,25?,26+,27?,28?,29+,30+,31?,32+,33+,36-,37-,38-,39+/m1/s1. The zero-order valence-electron chi connectivity index (χ0n) is 31.3. The molecule has 0 aromatic carbocycles. The van der Waals surface area contributed by atoms with Crippen LogP contribution in [0.5, 0.6) is 0 Å². The lowest BCUT2D eigenvalue weighted by Crippen LogP contribution is -2.60. The molecule has 5 aliphatic carbocycles. The lowest BCUT2D eigenvalue weighted by Gasteiger charge is -2.64. The van der Waals surface area contributed by atoms with Crippen molar-refractivity contribution in [1.29, 1.82) is 0 Å². The molecule has 4 N–H and O–H groups in total. The van der Waals surface area contributed by atoms with Crippen LogP contribution < -0.4 is 0 Å². The van der Waals surface area contributed by atoms with E-state index in [0.29, 0.717) is 38.0 Å². The second kappa shape index (κ2) is 12.1. The minimum absolute atomic E-state index is 0.0384. The number of fused-ring (bicyclic) bond motifs is 4. The fourth-order valence-corrected chi connectivity index (χ4v) is 14.1. The van der Waals surface area contributed by atoms with E-state index in [1.54, 1.807) is 13.8 Å². The van der Waals surface area contributed by atoms with Gasteiger partial charge in [0.1, 0.15) is 0 Å². The number of carbonyl (C=O) groups excluding carboxylic acids is 1. The van der Waals surface area contributed by atoms with E-state index < -0.39 is 29.9 Å². The van der Waals surface area contributed by atoms with Crippen LogP contribution in [-0.2, 0) is 23.7 Å². The third-order valence-corrected chi connectivity index (χ3v) is 16.4. The minimum Gasteiger partial charge on any atom is -0.457 e. The lowest BCUT2D eigenvalue weighted by molar-refractivity contribution is -0.252. The van der Waals surface area contributed by atoms with Gasteiger partial charge in [0.25, 0.3) is 0 Å². The molecule has 0 bridgehead atoms. The number of ether oxygens (including phenoxy) is 4. The number of carbonyl (C=O) groups is 1. The number of rotatable bonds is 8. The zero-order valence-corrected chi connectivity index (χ0v) is 31.3. The van der Waals surface area contributed by atoms with Crippen molar-refractivity contribution < 1.29 is 44.2 Å². The van der Waals surface area contributed by atoms with Crippen LogP contribution in [-0.4, -0.2) is 113 Å². The van der Waals surface area contributed by atoms with Crippen molar-refractivity contribution in [3.8, 4) is 0 Å². The van der Waals surface area contributed by atoms with Gasteiger partial charge in [-0.1, -0.05) is 34.6 Å². The summed E-state index contributed by atoms with van der Waals surface area (Å²) >= 11 is 0. The smallest absolute Gasteiger partial charge is 0.303 e. The Balaban J connectivity index is 1.11. The van der Waals surface area contributed by atoms with Crippen molar-refractivity contribution >= 4 is 5.97 Å². The highest BCUT2D eigenvalue weighted by Gasteiger charge is 2.84. The van der Waals surface area contributed by atoms with Crippen LogP contribution in [0.25, 0.3) is 0 Å². The van der Waals surface area contributed by atoms with E-state index in [2.05, 4.69) is 39.5 Å². The molecule has 10 heteroatoms. The predicted octanol–water partition coefficient (Wildman–Crippen LogP) is 3.90. The van der Waals surface area contributed by atoms with Gasteiger partial charge in [-0.25, -0.2) is 0 Å². The summed E-state index contributed by atoms with van der Waals surface area (Å²) in [4.78, 5) is 14.2. The first kappa shape index (κ1) is 36.5. The number of hydrogen-bond acceptors (Lipinski definition) is 10. The number of esters is 1. The molecule has 2 heterocycles. The average Bonchev–Trinajstić information content (AvgIpc) is 3.66. The topological polar surface area (TPSA) is 138 Å². The third-order valence-electron chi connectivity index (χ3n) is 16.4. The molecular weight excluding hydrogens is 626 g/mol. The highest BCUT2D eigenvalue weighted by molar-refractivity contribution is 5.66. The van der Waals surface area contributed by atoms with E-state index in [4.69, 9.17) is 18.9 Å². The molecule has 49 heavy (non-hydrogen) atoms. The van der Waals surface area contributed by atoms with Gasteiger partial charge in [0.2, 0.25) is 0 Å². The Morgan fingerprint density at radius 1 is 1.02 bits per heavy atom. The Morgan fingerprint density at radius 3 is 2.35 bits per heavy atom. The quantitative estimate of drug-likeness (QED) is 0.278. The SMILES string of the molecule is CC(=O)O[C@@H](C1C[C@@H](C)[C@H]2C(O1)[C@H](O)[C@@]1(C)C3CC[C@H]4C(C)(C)C(O[C@H]5CN(C(CO)CO)CCO5)CC[C@@]45C[C@@]35CC[C@]21C)C(C)(C)O. The van der Waals surface area contributed by atoms with Crippen molar-refractivity contribution in [2.24, 2.45) is 50.7 Å². The van der Waals surface area contributed by atoms with Crippen LogP contribution in [0, 0.1) is 50.7 Å². The molecule has 4 unspecified atom stereocenters. The van der Waals surface area contributed by atoms with Gasteiger partial charge in [-0.05, 0) is 111 Å². The van der Waals surface area contributed by atoms with E-state index >= 15 is 0 Å². The Bertz CT molecular complexity index is 1270. The molecule has 0 aromatic rings. The maximum absolute atomic E-state index is 12.6. The van der Waals surface area contributed by atoms with Crippen molar-refractivity contribution in [2.45, 2.75) is 155 Å². The molecule has 0 radical (unpaired) electrons. The Labute approximate surface area is 293 Å². The number of aliphatic hydroxyl groups excluding tert-OH is 3. The molecule has 2 spiro atoms. The summed E-state index contributed by atoms with van der Waals surface area (Å²) < 4.78 is 25.4. The lowest BCUT2D eigenvalue weighted by atomic mass is 9.41. The summed E-state index contributed by atoms with van der Waals surface area (Å²) in [6.45, 7) is 18.2. The molecule has 2 saturated heterocycles. The van der Waals surface area contributed by atoms with Crippen molar-refractivity contribution in [1.82, 2.24) is 4.90 Å². The van der Waals surface area contributed by atoms with Gasteiger partial charge in [0, 0.05) is 18.9 Å². The van der Waals surface area contributed by atoms with Gasteiger partial charge >= 0.3 is 5.97 Å². The molecule has 0 aromatic heterocycles. The summed E-state index contributed by atoms with van der Waals surface area (Å²) in [5, 5.41) is 43.1. The maximum Gasteiger partial charge on any atom is 0.303 e. The zero-order chi connectivity index (χ0) is 35.5.